The van der Waals surface area contributed by atoms with Crippen molar-refractivity contribution in [2.24, 2.45) is 5.92 Å². The van der Waals surface area contributed by atoms with E-state index in [2.05, 4.69) is 4.72 Å². The second-order valence-electron chi connectivity index (χ2n) is 4.91. The minimum atomic E-state index is -3.62. The Hall–Kier alpha value is -0.620. The van der Waals surface area contributed by atoms with Gasteiger partial charge in [0.25, 0.3) is 0 Å². The van der Waals surface area contributed by atoms with E-state index in [1.807, 2.05) is 13.8 Å². The monoisotopic (exact) mass is 305 g/mol. The van der Waals surface area contributed by atoms with Crippen LogP contribution in [0, 0.1) is 5.92 Å². The molecule has 0 aliphatic carbocycles. The van der Waals surface area contributed by atoms with Gasteiger partial charge in [-0.25, -0.2) is 13.1 Å². The minimum absolute atomic E-state index is 0.174. The summed E-state index contributed by atoms with van der Waals surface area (Å²) in [6, 6.07) is 6.01. The molecule has 0 aliphatic rings. The van der Waals surface area contributed by atoms with Crippen molar-refractivity contribution in [1.29, 1.82) is 0 Å². The molecule has 1 aromatic carbocycles. The maximum Gasteiger partial charge on any atom is 0.240 e. The molecule has 4 nitrogen and oxygen atoms in total. The molecule has 0 fully saturated rings. The summed E-state index contributed by atoms with van der Waals surface area (Å²) in [6.45, 7) is 3.74. The van der Waals surface area contributed by atoms with E-state index in [4.69, 9.17) is 11.6 Å². The Kier molecular flexibility index (Phi) is 6.26. The van der Waals surface area contributed by atoms with Crippen LogP contribution in [0.3, 0.4) is 0 Å². The van der Waals surface area contributed by atoms with Gasteiger partial charge in [0.1, 0.15) is 0 Å². The quantitative estimate of drug-likeness (QED) is 0.758. The van der Waals surface area contributed by atoms with Gasteiger partial charge in [-0.2, -0.15) is 0 Å². The van der Waals surface area contributed by atoms with Crippen LogP contribution in [0.2, 0.25) is 0 Å². The average Bonchev–Trinajstić information content (AvgIpc) is 2.37. The number of rotatable bonds is 7. The fourth-order valence-corrected chi connectivity index (χ4v) is 3.29. The molecule has 108 valence electrons. The third kappa shape index (κ3) is 5.10. The van der Waals surface area contributed by atoms with Gasteiger partial charge in [-0.15, -0.1) is 11.6 Å². The summed E-state index contributed by atoms with van der Waals surface area (Å²) in [6.07, 6.45) is 0.588. The van der Waals surface area contributed by atoms with Crippen LogP contribution in [0.1, 0.15) is 25.8 Å². The van der Waals surface area contributed by atoms with Crippen molar-refractivity contribution in [2.75, 3.05) is 6.61 Å². The zero-order valence-electron chi connectivity index (χ0n) is 11.1. The summed E-state index contributed by atoms with van der Waals surface area (Å²) in [5.74, 6) is 0.563. The Labute approximate surface area is 119 Å². The molecule has 0 aliphatic heterocycles. The maximum absolute atomic E-state index is 12.2. The summed E-state index contributed by atoms with van der Waals surface area (Å²) in [4.78, 5) is 0.174. The predicted molar refractivity (Wildman–Crippen MR) is 76.6 cm³/mol. The van der Waals surface area contributed by atoms with Crippen LogP contribution in [0.15, 0.2) is 29.2 Å². The standard InChI is InChI=1S/C13H20ClNO3S/c1-10(2)6-12(9-16)15-19(17,18)13-5-3-4-11(7-13)8-14/h3-5,7,10,12,15-16H,6,8-9H2,1-2H3. The van der Waals surface area contributed by atoms with Crippen LogP contribution < -0.4 is 4.72 Å². The first-order chi connectivity index (χ1) is 8.89. The molecule has 0 saturated carbocycles. The summed E-state index contributed by atoms with van der Waals surface area (Å²) < 4.78 is 26.9. The normalized spacial score (nSPS) is 13.7. The number of aliphatic hydroxyl groups is 1. The highest BCUT2D eigenvalue weighted by atomic mass is 35.5. The molecule has 0 saturated heterocycles. The molecule has 0 spiro atoms. The van der Waals surface area contributed by atoms with E-state index in [9.17, 15) is 13.5 Å². The molecule has 1 atom stereocenters. The number of aliphatic hydroxyl groups excluding tert-OH is 1. The highest BCUT2D eigenvalue weighted by molar-refractivity contribution is 7.89. The van der Waals surface area contributed by atoms with E-state index in [1.165, 1.54) is 6.07 Å². The first kappa shape index (κ1) is 16.4. The molecule has 1 unspecified atom stereocenters. The number of hydrogen-bond acceptors (Lipinski definition) is 3. The van der Waals surface area contributed by atoms with Crippen LogP contribution in [-0.4, -0.2) is 26.2 Å². The van der Waals surface area contributed by atoms with Gasteiger partial charge < -0.3 is 5.11 Å². The number of hydrogen-bond donors (Lipinski definition) is 2. The molecule has 19 heavy (non-hydrogen) atoms. The molecular formula is C13H20ClNO3S. The second-order valence-corrected chi connectivity index (χ2v) is 6.89. The minimum Gasteiger partial charge on any atom is -0.395 e. The summed E-state index contributed by atoms with van der Waals surface area (Å²) in [7, 11) is -3.62. The van der Waals surface area contributed by atoms with Crippen molar-refractivity contribution in [2.45, 2.75) is 37.1 Å². The van der Waals surface area contributed by atoms with Crippen LogP contribution >= 0.6 is 11.6 Å². The first-order valence-electron chi connectivity index (χ1n) is 6.17. The second kappa shape index (κ2) is 7.24. The Bertz CT molecular complexity index is 502. The zero-order valence-corrected chi connectivity index (χ0v) is 12.7. The van der Waals surface area contributed by atoms with Crippen molar-refractivity contribution in [3.63, 3.8) is 0 Å². The van der Waals surface area contributed by atoms with E-state index >= 15 is 0 Å². The van der Waals surface area contributed by atoms with Crippen LogP contribution in [0.5, 0.6) is 0 Å². The van der Waals surface area contributed by atoms with Gasteiger partial charge in [0.05, 0.1) is 11.5 Å². The lowest BCUT2D eigenvalue weighted by atomic mass is 10.1. The largest absolute Gasteiger partial charge is 0.395 e. The van der Waals surface area contributed by atoms with E-state index < -0.39 is 16.1 Å². The lowest BCUT2D eigenvalue weighted by Crippen LogP contribution is -2.38. The fraction of sp³-hybridized carbons (Fsp3) is 0.538. The SMILES string of the molecule is CC(C)CC(CO)NS(=O)(=O)c1cccc(CCl)c1. The van der Waals surface area contributed by atoms with Gasteiger partial charge in [-0.3, -0.25) is 0 Å². The smallest absolute Gasteiger partial charge is 0.240 e. The van der Waals surface area contributed by atoms with E-state index in [1.54, 1.807) is 18.2 Å². The van der Waals surface area contributed by atoms with Crippen LogP contribution in [0.25, 0.3) is 0 Å². The van der Waals surface area contributed by atoms with Gasteiger partial charge in [0.2, 0.25) is 10.0 Å². The molecule has 0 bridgehead atoms. The molecule has 1 aromatic rings. The highest BCUT2D eigenvalue weighted by Gasteiger charge is 2.20. The number of sulfonamides is 1. The molecule has 1 rings (SSSR count). The molecule has 0 heterocycles. The fourth-order valence-electron chi connectivity index (χ4n) is 1.81. The number of alkyl halides is 1. The Balaban J connectivity index is 2.90. The van der Waals surface area contributed by atoms with Gasteiger partial charge in [0, 0.05) is 11.9 Å². The highest BCUT2D eigenvalue weighted by Crippen LogP contribution is 2.15. The summed E-state index contributed by atoms with van der Waals surface area (Å²) in [5.41, 5.74) is 0.744. The third-order valence-corrected chi connectivity index (χ3v) is 4.49. The third-order valence-electron chi connectivity index (χ3n) is 2.66. The van der Waals surface area contributed by atoms with Gasteiger partial charge in [0.15, 0.2) is 0 Å². The Morgan fingerprint density at radius 3 is 2.58 bits per heavy atom. The van der Waals surface area contributed by atoms with Crippen molar-refractivity contribution >= 4 is 21.6 Å². The first-order valence-corrected chi connectivity index (χ1v) is 8.19. The predicted octanol–water partition coefficient (Wildman–Crippen LogP) is 2.11. The Morgan fingerprint density at radius 2 is 2.05 bits per heavy atom. The molecule has 0 aromatic heterocycles. The molecule has 0 radical (unpaired) electrons. The average molecular weight is 306 g/mol. The van der Waals surface area contributed by atoms with E-state index in [-0.39, 0.29) is 17.4 Å². The van der Waals surface area contributed by atoms with E-state index in [0.717, 1.165) is 5.56 Å². The zero-order chi connectivity index (χ0) is 14.5. The number of benzene rings is 1. The summed E-state index contributed by atoms with van der Waals surface area (Å²) in [5, 5.41) is 9.24. The maximum atomic E-state index is 12.2. The molecule has 2 N–H and O–H groups in total. The van der Waals surface area contributed by atoms with Crippen molar-refractivity contribution in [3.8, 4) is 0 Å². The van der Waals surface area contributed by atoms with Gasteiger partial charge in [-0.05, 0) is 30.0 Å². The molecular weight excluding hydrogens is 286 g/mol. The number of halogens is 1. The lowest BCUT2D eigenvalue weighted by molar-refractivity contribution is 0.240. The molecule has 0 amide bonds. The van der Waals surface area contributed by atoms with Gasteiger partial charge in [-0.1, -0.05) is 26.0 Å². The Morgan fingerprint density at radius 1 is 1.37 bits per heavy atom. The summed E-state index contributed by atoms with van der Waals surface area (Å²) >= 11 is 5.70. The van der Waals surface area contributed by atoms with E-state index in [0.29, 0.717) is 12.3 Å². The van der Waals surface area contributed by atoms with Crippen LogP contribution in [-0.2, 0) is 15.9 Å². The van der Waals surface area contributed by atoms with Gasteiger partial charge >= 0.3 is 0 Å². The topological polar surface area (TPSA) is 66.4 Å². The van der Waals surface area contributed by atoms with Crippen molar-refractivity contribution in [3.05, 3.63) is 29.8 Å². The van der Waals surface area contributed by atoms with Crippen molar-refractivity contribution in [1.82, 2.24) is 4.72 Å². The lowest BCUT2D eigenvalue weighted by Gasteiger charge is -2.18. The van der Waals surface area contributed by atoms with Crippen molar-refractivity contribution < 1.29 is 13.5 Å². The number of nitrogens with one attached hydrogen (secondary N) is 1. The molecule has 6 heteroatoms. The van der Waals surface area contributed by atoms with Crippen LogP contribution in [0.4, 0.5) is 0 Å².